The van der Waals surface area contributed by atoms with Crippen LogP contribution in [0.15, 0.2) is 34.7 Å². The molecule has 2 N–H and O–H groups in total. The number of nitrogens with zero attached hydrogens (tertiary/aromatic N) is 1. The van der Waals surface area contributed by atoms with Gasteiger partial charge in [0.05, 0.1) is 31.0 Å². The van der Waals surface area contributed by atoms with Crippen molar-refractivity contribution in [3.63, 3.8) is 0 Å². The molecule has 0 saturated carbocycles. The second-order valence-electron chi connectivity index (χ2n) is 3.95. The molecule has 0 saturated heterocycles. The number of ether oxygens (including phenoxy) is 1. The van der Waals surface area contributed by atoms with Gasteiger partial charge in [-0.25, -0.2) is 4.79 Å². The summed E-state index contributed by atoms with van der Waals surface area (Å²) in [4.78, 5) is 10.7. The fourth-order valence-corrected chi connectivity index (χ4v) is 1.68. The molecule has 0 aliphatic rings. The number of nitrogens with one attached hydrogen (secondary N) is 1. The van der Waals surface area contributed by atoms with Gasteiger partial charge in [-0.1, -0.05) is 0 Å². The number of hydrogen-bond donors (Lipinski definition) is 2. The Morgan fingerprint density at radius 2 is 2.25 bits per heavy atom. The fourth-order valence-electron chi connectivity index (χ4n) is 1.68. The molecule has 2 aromatic rings. The zero-order valence-corrected chi connectivity index (χ0v) is 10.7. The van der Waals surface area contributed by atoms with Crippen LogP contribution in [0.3, 0.4) is 0 Å². The third-order valence-corrected chi connectivity index (χ3v) is 2.66. The van der Waals surface area contributed by atoms with E-state index >= 15 is 0 Å². The van der Waals surface area contributed by atoms with Crippen LogP contribution in [0.25, 0.3) is 0 Å². The molecular weight excluding hydrogens is 260 g/mol. The average molecular weight is 272 g/mol. The van der Waals surface area contributed by atoms with Crippen molar-refractivity contribution in [3.05, 3.63) is 47.4 Å². The van der Waals surface area contributed by atoms with Crippen molar-refractivity contribution in [1.29, 1.82) is 5.26 Å². The molecule has 0 spiro atoms. The third-order valence-electron chi connectivity index (χ3n) is 2.66. The molecule has 0 radical (unpaired) electrons. The van der Waals surface area contributed by atoms with Crippen molar-refractivity contribution < 1.29 is 19.1 Å². The van der Waals surface area contributed by atoms with Crippen molar-refractivity contribution in [1.82, 2.24) is 0 Å². The molecule has 0 aliphatic heterocycles. The first-order valence-corrected chi connectivity index (χ1v) is 5.78. The summed E-state index contributed by atoms with van der Waals surface area (Å²) in [5.74, 6) is -0.177. The number of carboxylic acid groups (broad SMARTS) is 1. The lowest BCUT2D eigenvalue weighted by atomic mass is 10.2. The van der Waals surface area contributed by atoms with Crippen LogP contribution < -0.4 is 10.1 Å². The highest BCUT2D eigenvalue weighted by Gasteiger charge is 2.09. The second-order valence-corrected chi connectivity index (χ2v) is 3.95. The van der Waals surface area contributed by atoms with Gasteiger partial charge < -0.3 is 19.6 Å². The highest BCUT2D eigenvalue weighted by Crippen LogP contribution is 2.26. The number of hydrogen-bond acceptors (Lipinski definition) is 5. The predicted molar refractivity (Wildman–Crippen MR) is 70.7 cm³/mol. The summed E-state index contributed by atoms with van der Waals surface area (Å²) in [7, 11) is 1.51. The molecule has 0 aliphatic carbocycles. The minimum atomic E-state index is -1.10. The zero-order valence-electron chi connectivity index (χ0n) is 10.7. The van der Waals surface area contributed by atoms with E-state index in [2.05, 4.69) is 5.32 Å². The molecule has 0 unspecified atom stereocenters. The van der Waals surface area contributed by atoms with E-state index < -0.39 is 5.97 Å². The normalized spacial score (nSPS) is 9.80. The van der Waals surface area contributed by atoms with E-state index in [9.17, 15) is 4.79 Å². The van der Waals surface area contributed by atoms with Crippen LogP contribution in [-0.2, 0) is 6.54 Å². The monoisotopic (exact) mass is 272 g/mol. The van der Waals surface area contributed by atoms with E-state index in [0.717, 1.165) is 0 Å². The topological polar surface area (TPSA) is 95.5 Å². The third kappa shape index (κ3) is 2.90. The van der Waals surface area contributed by atoms with Gasteiger partial charge in [-0.3, -0.25) is 0 Å². The molecular formula is C14H12N2O4. The van der Waals surface area contributed by atoms with Gasteiger partial charge in [-0.05, 0) is 24.3 Å². The minimum Gasteiger partial charge on any atom is -0.495 e. The van der Waals surface area contributed by atoms with E-state index in [0.29, 0.717) is 29.3 Å². The van der Waals surface area contributed by atoms with Crippen molar-refractivity contribution in [2.24, 2.45) is 0 Å². The highest BCUT2D eigenvalue weighted by atomic mass is 16.5. The number of nitriles is 1. The molecule has 1 heterocycles. The summed E-state index contributed by atoms with van der Waals surface area (Å²) in [6, 6.07) is 10.0. The number of rotatable bonds is 5. The van der Waals surface area contributed by atoms with Crippen LogP contribution in [-0.4, -0.2) is 18.2 Å². The van der Waals surface area contributed by atoms with E-state index in [-0.39, 0.29) is 5.76 Å². The Bertz CT molecular complexity index is 670. The Morgan fingerprint density at radius 3 is 2.85 bits per heavy atom. The van der Waals surface area contributed by atoms with E-state index in [1.807, 2.05) is 6.07 Å². The number of aromatic carboxylic acids is 1. The van der Waals surface area contributed by atoms with Crippen LogP contribution in [0.2, 0.25) is 0 Å². The number of carbonyl (C=O) groups is 1. The Balaban J connectivity index is 2.10. The largest absolute Gasteiger partial charge is 0.495 e. The van der Waals surface area contributed by atoms with Crippen LogP contribution in [0.4, 0.5) is 5.69 Å². The number of benzene rings is 1. The van der Waals surface area contributed by atoms with Crippen LogP contribution in [0.5, 0.6) is 5.75 Å². The number of carboxylic acids is 1. The maximum atomic E-state index is 10.7. The highest BCUT2D eigenvalue weighted by molar-refractivity contribution is 5.84. The quantitative estimate of drug-likeness (QED) is 0.868. The molecule has 6 nitrogen and oxygen atoms in total. The zero-order chi connectivity index (χ0) is 14.5. The van der Waals surface area contributed by atoms with Gasteiger partial charge in [0.2, 0.25) is 5.76 Å². The molecule has 6 heteroatoms. The van der Waals surface area contributed by atoms with E-state index in [1.54, 1.807) is 24.3 Å². The van der Waals surface area contributed by atoms with E-state index in [1.165, 1.54) is 13.2 Å². The molecule has 102 valence electrons. The van der Waals surface area contributed by atoms with Gasteiger partial charge >= 0.3 is 5.97 Å². The summed E-state index contributed by atoms with van der Waals surface area (Å²) >= 11 is 0. The predicted octanol–water partition coefficient (Wildman–Crippen LogP) is 2.47. The summed E-state index contributed by atoms with van der Waals surface area (Å²) in [5, 5.41) is 20.6. The molecule has 1 aromatic heterocycles. The van der Waals surface area contributed by atoms with Gasteiger partial charge in [0, 0.05) is 6.07 Å². The van der Waals surface area contributed by atoms with Gasteiger partial charge in [0.1, 0.15) is 11.5 Å². The summed E-state index contributed by atoms with van der Waals surface area (Å²) in [5.41, 5.74) is 1.19. The molecule has 0 atom stereocenters. The number of methoxy groups -OCH3 is 1. The van der Waals surface area contributed by atoms with Gasteiger partial charge in [0.25, 0.3) is 0 Å². The maximum Gasteiger partial charge on any atom is 0.371 e. The lowest BCUT2D eigenvalue weighted by Crippen LogP contribution is -2.01. The molecule has 0 bridgehead atoms. The standard InChI is InChI=1S/C14H12N2O4/c1-19-13-6-9(7-15)2-4-11(13)16-8-10-3-5-12(20-10)14(17)18/h2-6,16H,8H2,1H3,(H,17,18). The first kappa shape index (κ1) is 13.5. The van der Waals surface area contributed by atoms with Gasteiger partial charge in [0.15, 0.2) is 0 Å². The molecule has 0 fully saturated rings. The van der Waals surface area contributed by atoms with Crippen molar-refractivity contribution in [3.8, 4) is 11.8 Å². The Labute approximate surface area is 115 Å². The van der Waals surface area contributed by atoms with Gasteiger partial charge in [-0.15, -0.1) is 0 Å². The van der Waals surface area contributed by atoms with Crippen molar-refractivity contribution in [2.45, 2.75) is 6.54 Å². The maximum absolute atomic E-state index is 10.7. The summed E-state index contributed by atoms with van der Waals surface area (Å²) in [6.45, 7) is 0.315. The Kier molecular flexibility index (Phi) is 3.91. The first-order chi connectivity index (χ1) is 9.63. The molecule has 2 rings (SSSR count). The van der Waals surface area contributed by atoms with Crippen molar-refractivity contribution in [2.75, 3.05) is 12.4 Å². The summed E-state index contributed by atoms with van der Waals surface area (Å²) in [6.07, 6.45) is 0. The molecule has 0 amide bonds. The van der Waals surface area contributed by atoms with Crippen LogP contribution in [0.1, 0.15) is 21.9 Å². The molecule has 1 aromatic carbocycles. The number of anilines is 1. The minimum absolute atomic E-state index is 0.103. The SMILES string of the molecule is COc1cc(C#N)ccc1NCc1ccc(C(=O)O)o1. The smallest absolute Gasteiger partial charge is 0.371 e. The first-order valence-electron chi connectivity index (χ1n) is 5.78. The number of furan rings is 1. The van der Waals surface area contributed by atoms with Gasteiger partial charge in [-0.2, -0.15) is 5.26 Å². The Morgan fingerprint density at radius 1 is 1.45 bits per heavy atom. The average Bonchev–Trinajstić information content (AvgIpc) is 2.94. The fraction of sp³-hybridized carbons (Fsp3) is 0.143. The lowest BCUT2D eigenvalue weighted by molar-refractivity contribution is 0.0660. The lowest BCUT2D eigenvalue weighted by Gasteiger charge is -2.10. The Hall–Kier alpha value is -2.94. The van der Waals surface area contributed by atoms with Crippen molar-refractivity contribution >= 4 is 11.7 Å². The van der Waals surface area contributed by atoms with Crippen LogP contribution in [0, 0.1) is 11.3 Å². The molecule has 20 heavy (non-hydrogen) atoms. The van der Waals surface area contributed by atoms with Crippen LogP contribution >= 0.6 is 0 Å². The second kappa shape index (κ2) is 5.80. The summed E-state index contributed by atoms with van der Waals surface area (Å²) < 4.78 is 10.3. The van der Waals surface area contributed by atoms with E-state index in [4.69, 9.17) is 19.5 Å².